The van der Waals surface area contributed by atoms with E-state index in [0.29, 0.717) is 5.75 Å². The van der Waals surface area contributed by atoms with Gasteiger partial charge in [-0.05, 0) is 6.92 Å². The number of rotatable bonds is 5. The van der Waals surface area contributed by atoms with Gasteiger partial charge in [0.2, 0.25) is 0 Å². The van der Waals surface area contributed by atoms with Crippen LogP contribution in [0.25, 0.3) is 0 Å². The van der Waals surface area contributed by atoms with Gasteiger partial charge in [-0.1, -0.05) is 12.2 Å². The Morgan fingerprint density at radius 1 is 1.70 bits per heavy atom. The van der Waals surface area contributed by atoms with Crippen LogP contribution < -0.4 is 0 Å². The van der Waals surface area contributed by atoms with Crippen LogP contribution in [-0.2, 0) is 4.79 Å². The molecule has 2 nitrogen and oxygen atoms in total. The molecular formula is C7H12O2S. The first-order chi connectivity index (χ1) is 4.77. The maximum Gasteiger partial charge on any atom is 0.304 e. The maximum atomic E-state index is 10.0. The molecule has 0 aliphatic heterocycles. The van der Waals surface area contributed by atoms with Crippen LogP contribution in [0.3, 0.4) is 0 Å². The lowest BCUT2D eigenvalue weighted by Crippen LogP contribution is -1.95. The average Bonchev–Trinajstić information content (AvgIpc) is 1.87. The highest BCUT2D eigenvalue weighted by Gasteiger charge is 1.93. The van der Waals surface area contributed by atoms with Crippen LogP contribution in [0.4, 0.5) is 0 Å². The molecule has 0 aromatic heterocycles. The Balaban J connectivity index is 2.98. The molecule has 0 unspecified atom stereocenters. The number of carboxylic acids is 1. The van der Waals surface area contributed by atoms with Crippen molar-refractivity contribution in [1.82, 2.24) is 0 Å². The zero-order valence-corrected chi connectivity index (χ0v) is 6.86. The molecule has 0 heterocycles. The Labute approximate surface area is 65.3 Å². The summed E-state index contributed by atoms with van der Waals surface area (Å²) in [5.74, 6) is 0.914. The predicted octanol–water partition coefficient (Wildman–Crippen LogP) is 1.77. The van der Waals surface area contributed by atoms with E-state index in [1.54, 1.807) is 11.8 Å². The molecule has 58 valence electrons. The number of hydrogen-bond donors (Lipinski definition) is 1. The van der Waals surface area contributed by atoms with Crippen LogP contribution in [0.5, 0.6) is 0 Å². The van der Waals surface area contributed by atoms with Crippen LogP contribution in [0, 0.1) is 0 Å². The van der Waals surface area contributed by atoms with E-state index in [1.165, 1.54) is 0 Å². The minimum atomic E-state index is -0.715. The van der Waals surface area contributed by atoms with Gasteiger partial charge in [-0.25, -0.2) is 0 Å². The van der Waals surface area contributed by atoms with Gasteiger partial charge in [0.1, 0.15) is 0 Å². The van der Waals surface area contributed by atoms with E-state index in [2.05, 4.69) is 0 Å². The molecule has 0 spiro atoms. The number of carboxylic acid groups (broad SMARTS) is 1. The van der Waals surface area contributed by atoms with Gasteiger partial charge >= 0.3 is 5.97 Å². The van der Waals surface area contributed by atoms with Crippen molar-refractivity contribution in [1.29, 1.82) is 0 Å². The standard InChI is InChI=1S/C7H12O2S/c1-2-3-5-10-6-4-7(8)9/h2-3H,4-6H2,1H3,(H,8,9). The molecule has 0 atom stereocenters. The fourth-order valence-corrected chi connectivity index (χ4v) is 1.22. The Bertz CT molecular complexity index is 121. The summed E-state index contributed by atoms with van der Waals surface area (Å²) in [4.78, 5) is 10.0. The topological polar surface area (TPSA) is 37.3 Å². The van der Waals surface area contributed by atoms with Gasteiger partial charge in [0, 0.05) is 11.5 Å². The van der Waals surface area contributed by atoms with Crippen molar-refractivity contribution in [3.63, 3.8) is 0 Å². The SMILES string of the molecule is CC=CCSCCC(=O)O. The van der Waals surface area contributed by atoms with Gasteiger partial charge in [0.05, 0.1) is 6.42 Å². The second-order valence-corrected chi connectivity index (χ2v) is 2.94. The highest BCUT2D eigenvalue weighted by atomic mass is 32.2. The lowest BCUT2D eigenvalue weighted by atomic mass is 10.5. The van der Waals surface area contributed by atoms with Crippen LogP contribution in [0.1, 0.15) is 13.3 Å². The van der Waals surface area contributed by atoms with Gasteiger partial charge in [-0.2, -0.15) is 11.8 Å². The third-order valence-electron chi connectivity index (χ3n) is 0.910. The van der Waals surface area contributed by atoms with Gasteiger partial charge in [0.25, 0.3) is 0 Å². The third-order valence-corrected chi connectivity index (χ3v) is 1.83. The summed E-state index contributed by atoms with van der Waals surface area (Å²) < 4.78 is 0. The molecule has 0 aliphatic rings. The monoisotopic (exact) mass is 160 g/mol. The Kier molecular flexibility index (Phi) is 6.38. The summed E-state index contributed by atoms with van der Waals surface area (Å²) in [6, 6.07) is 0. The van der Waals surface area contributed by atoms with Crippen molar-refractivity contribution in [2.24, 2.45) is 0 Å². The number of carbonyl (C=O) groups is 1. The van der Waals surface area contributed by atoms with E-state index in [1.807, 2.05) is 19.1 Å². The number of hydrogen-bond acceptors (Lipinski definition) is 2. The molecule has 0 bridgehead atoms. The molecule has 1 N–H and O–H groups in total. The Morgan fingerprint density at radius 2 is 2.40 bits per heavy atom. The summed E-state index contributed by atoms with van der Waals surface area (Å²) in [5.41, 5.74) is 0. The lowest BCUT2D eigenvalue weighted by molar-refractivity contribution is -0.136. The molecule has 0 rings (SSSR count). The molecule has 10 heavy (non-hydrogen) atoms. The molecule has 3 heteroatoms. The van der Waals surface area contributed by atoms with Crippen LogP contribution in [0.2, 0.25) is 0 Å². The van der Waals surface area contributed by atoms with E-state index in [0.717, 1.165) is 5.75 Å². The quantitative estimate of drug-likeness (QED) is 0.492. The second kappa shape index (κ2) is 6.68. The highest BCUT2D eigenvalue weighted by Crippen LogP contribution is 2.01. The van der Waals surface area contributed by atoms with E-state index in [4.69, 9.17) is 5.11 Å². The lowest BCUT2D eigenvalue weighted by Gasteiger charge is -1.91. The van der Waals surface area contributed by atoms with Crippen molar-refractivity contribution in [2.45, 2.75) is 13.3 Å². The summed E-state index contributed by atoms with van der Waals surface area (Å²) in [6.07, 6.45) is 4.25. The van der Waals surface area contributed by atoms with Crippen LogP contribution in [-0.4, -0.2) is 22.6 Å². The minimum Gasteiger partial charge on any atom is -0.481 e. The average molecular weight is 160 g/mol. The Morgan fingerprint density at radius 3 is 2.90 bits per heavy atom. The van der Waals surface area contributed by atoms with Crippen molar-refractivity contribution < 1.29 is 9.90 Å². The molecule has 0 radical (unpaired) electrons. The zero-order valence-electron chi connectivity index (χ0n) is 6.04. The number of thioether (sulfide) groups is 1. The van der Waals surface area contributed by atoms with E-state index >= 15 is 0 Å². The Hall–Kier alpha value is -0.440. The largest absolute Gasteiger partial charge is 0.481 e. The normalized spacial score (nSPS) is 10.5. The second-order valence-electron chi connectivity index (χ2n) is 1.79. The van der Waals surface area contributed by atoms with E-state index in [9.17, 15) is 4.79 Å². The zero-order chi connectivity index (χ0) is 7.82. The molecule has 0 saturated carbocycles. The predicted molar refractivity (Wildman–Crippen MR) is 44.4 cm³/mol. The molecule has 0 aliphatic carbocycles. The van der Waals surface area contributed by atoms with Crippen molar-refractivity contribution in [2.75, 3.05) is 11.5 Å². The molecule has 0 aromatic rings. The van der Waals surface area contributed by atoms with Crippen molar-refractivity contribution in [3.8, 4) is 0 Å². The summed E-state index contributed by atoms with van der Waals surface area (Å²) in [5, 5.41) is 8.24. The van der Waals surface area contributed by atoms with Crippen LogP contribution in [0.15, 0.2) is 12.2 Å². The number of allylic oxidation sites excluding steroid dienone is 1. The fourth-order valence-electron chi connectivity index (χ4n) is 0.407. The summed E-state index contributed by atoms with van der Waals surface area (Å²) in [7, 11) is 0. The van der Waals surface area contributed by atoms with Gasteiger partial charge in [-0.15, -0.1) is 0 Å². The van der Waals surface area contributed by atoms with Crippen molar-refractivity contribution in [3.05, 3.63) is 12.2 Å². The molecule has 0 amide bonds. The van der Waals surface area contributed by atoms with Crippen LogP contribution >= 0.6 is 11.8 Å². The van der Waals surface area contributed by atoms with Crippen molar-refractivity contribution >= 4 is 17.7 Å². The van der Waals surface area contributed by atoms with E-state index < -0.39 is 5.97 Å². The first-order valence-corrected chi connectivity index (χ1v) is 4.33. The van der Waals surface area contributed by atoms with Gasteiger partial charge in [-0.3, -0.25) is 4.79 Å². The third kappa shape index (κ3) is 7.56. The number of aliphatic carboxylic acids is 1. The van der Waals surface area contributed by atoms with Gasteiger partial charge in [0.15, 0.2) is 0 Å². The molecular weight excluding hydrogens is 148 g/mol. The van der Waals surface area contributed by atoms with E-state index in [-0.39, 0.29) is 6.42 Å². The minimum absolute atomic E-state index is 0.266. The summed E-state index contributed by atoms with van der Waals surface area (Å²) >= 11 is 1.64. The molecule has 0 fully saturated rings. The first-order valence-electron chi connectivity index (χ1n) is 3.18. The molecule has 0 saturated heterocycles. The van der Waals surface area contributed by atoms with Gasteiger partial charge < -0.3 is 5.11 Å². The summed E-state index contributed by atoms with van der Waals surface area (Å²) in [6.45, 7) is 1.96. The first kappa shape index (κ1) is 9.56. The highest BCUT2D eigenvalue weighted by molar-refractivity contribution is 7.99. The maximum absolute atomic E-state index is 10.0. The molecule has 0 aromatic carbocycles. The smallest absolute Gasteiger partial charge is 0.304 e. The fraction of sp³-hybridized carbons (Fsp3) is 0.571.